The maximum absolute atomic E-state index is 9.92. The summed E-state index contributed by atoms with van der Waals surface area (Å²) in [5.41, 5.74) is 5.02. The van der Waals surface area contributed by atoms with Crippen molar-refractivity contribution in [2.45, 2.75) is 36.8 Å². The Kier molecular flexibility index (Phi) is 1.50. The van der Waals surface area contributed by atoms with Crippen LogP contribution in [-0.4, -0.2) is 29.5 Å². The van der Waals surface area contributed by atoms with E-state index in [0.29, 0.717) is 13.2 Å². The minimum Gasteiger partial charge on any atom is -0.383 e. The van der Waals surface area contributed by atoms with Crippen LogP contribution in [-0.2, 0) is 4.74 Å². The molecule has 3 heteroatoms. The third-order valence-corrected chi connectivity index (χ3v) is 3.10. The van der Waals surface area contributed by atoms with Crippen molar-refractivity contribution >= 4 is 0 Å². The fourth-order valence-electron chi connectivity index (χ4n) is 2.05. The van der Waals surface area contributed by atoms with Gasteiger partial charge in [-0.1, -0.05) is 12.8 Å². The van der Waals surface area contributed by atoms with Crippen molar-refractivity contribution in [3.8, 4) is 0 Å². The van der Waals surface area contributed by atoms with E-state index < -0.39 is 5.60 Å². The van der Waals surface area contributed by atoms with Crippen molar-refractivity contribution in [3.63, 3.8) is 0 Å². The second kappa shape index (κ2) is 2.19. The lowest BCUT2D eigenvalue weighted by Gasteiger charge is -2.48. The molecule has 2 fully saturated rings. The van der Waals surface area contributed by atoms with E-state index >= 15 is 0 Å². The molecule has 1 aliphatic heterocycles. The Hall–Kier alpha value is -0.120. The third-order valence-electron chi connectivity index (χ3n) is 3.10. The molecule has 0 aromatic rings. The topological polar surface area (TPSA) is 55.5 Å². The van der Waals surface area contributed by atoms with Gasteiger partial charge in [-0.05, 0) is 12.8 Å². The summed E-state index contributed by atoms with van der Waals surface area (Å²) in [6.07, 6.45) is 4.21. The molecule has 11 heavy (non-hydrogen) atoms. The van der Waals surface area contributed by atoms with Crippen LogP contribution in [0.4, 0.5) is 0 Å². The molecule has 0 aromatic carbocycles. The lowest BCUT2D eigenvalue weighted by molar-refractivity contribution is -0.213. The molecular formula is C8H15NO2. The number of hydrogen-bond donors (Lipinski definition) is 2. The van der Waals surface area contributed by atoms with Gasteiger partial charge in [-0.3, -0.25) is 0 Å². The van der Waals surface area contributed by atoms with Gasteiger partial charge < -0.3 is 15.6 Å². The molecule has 0 radical (unpaired) electrons. The molecule has 2 aliphatic rings. The summed E-state index contributed by atoms with van der Waals surface area (Å²) >= 11 is 0. The Bertz CT molecular complexity index is 159. The summed E-state index contributed by atoms with van der Waals surface area (Å²) in [5.74, 6) is 0. The van der Waals surface area contributed by atoms with Crippen molar-refractivity contribution in [3.05, 3.63) is 0 Å². The van der Waals surface area contributed by atoms with Gasteiger partial charge in [-0.15, -0.1) is 0 Å². The van der Waals surface area contributed by atoms with Gasteiger partial charge in [0.2, 0.25) is 0 Å². The van der Waals surface area contributed by atoms with E-state index in [0.717, 1.165) is 25.7 Å². The van der Waals surface area contributed by atoms with E-state index in [1.54, 1.807) is 0 Å². The zero-order chi connectivity index (χ0) is 7.95. The molecule has 0 aromatic heterocycles. The second-order valence-electron chi connectivity index (χ2n) is 3.89. The van der Waals surface area contributed by atoms with Gasteiger partial charge >= 0.3 is 0 Å². The van der Waals surface area contributed by atoms with E-state index in [9.17, 15) is 5.11 Å². The van der Waals surface area contributed by atoms with Crippen LogP contribution in [0.5, 0.6) is 0 Å². The quantitative estimate of drug-likeness (QED) is 0.564. The molecular weight excluding hydrogens is 142 g/mol. The van der Waals surface area contributed by atoms with Gasteiger partial charge in [0.25, 0.3) is 0 Å². The van der Waals surface area contributed by atoms with E-state index in [1.807, 2.05) is 0 Å². The second-order valence-corrected chi connectivity index (χ2v) is 3.89. The van der Waals surface area contributed by atoms with E-state index in [1.165, 1.54) is 0 Å². The van der Waals surface area contributed by atoms with Crippen LogP contribution in [0.2, 0.25) is 0 Å². The largest absolute Gasteiger partial charge is 0.383 e. The third kappa shape index (κ3) is 0.916. The summed E-state index contributed by atoms with van der Waals surface area (Å²) in [7, 11) is 0. The highest BCUT2D eigenvalue weighted by atomic mass is 16.5. The number of rotatable bonds is 1. The SMILES string of the molecule is NC1(C2(O)COC2)CCCC1. The molecule has 1 heterocycles. The Morgan fingerprint density at radius 2 is 1.73 bits per heavy atom. The lowest BCUT2D eigenvalue weighted by Crippen LogP contribution is -2.69. The van der Waals surface area contributed by atoms with Gasteiger partial charge in [0.1, 0.15) is 5.60 Å². The molecule has 64 valence electrons. The first-order valence-corrected chi connectivity index (χ1v) is 4.25. The Morgan fingerprint density at radius 3 is 2.09 bits per heavy atom. The average molecular weight is 157 g/mol. The van der Waals surface area contributed by atoms with Crippen molar-refractivity contribution < 1.29 is 9.84 Å². The molecule has 0 atom stereocenters. The van der Waals surface area contributed by atoms with Gasteiger partial charge in [0.05, 0.1) is 13.2 Å². The van der Waals surface area contributed by atoms with Crippen LogP contribution in [0.25, 0.3) is 0 Å². The minimum atomic E-state index is -0.705. The van der Waals surface area contributed by atoms with Gasteiger partial charge in [-0.25, -0.2) is 0 Å². The molecule has 3 N–H and O–H groups in total. The Labute approximate surface area is 66.5 Å². The summed E-state index contributed by atoms with van der Waals surface area (Å²) < 4.78 is 4.99. The van der Waals surface area contributed by atoms with Crippen LogP contribution in [0.15, 0.2) is 0 Å². The summed E-state index contributed by atoms with van der Waals surface area (Å²) in [5, 5.41) is 9.92. The molecule has 3 nitrogen and oxygen atoms in total. The molecule has 0 bridgehead atoms. The summed E-state index contributed by atoms with van der Waals surface area (Å²) in [4.78, 5) is 0. The van der Waals surface area contributed by atoms with E-state index in [-0.39, 0.29) is 5.54 Å². The highest BCUT2D eigenvalue weighted by Gasteiger charge is 2.53. The van der Waals surface area contributed by atoms with Gasteiger partial charge in [-0.2, -0.15) is 0 Å². The average Bonchev–Trinajstić information content (AvgIpc) is 2.32. The number of aliphatic hydroxyl groups is 1. The van der Waals surface area contributed by atoms with Crippen LogP contribution in [0.3, 0.4) is 0 Å². The van der Waals surface area contributed by atoms with Crippen LogP contribution < -0.4 is 5.73 Å². The van der Waals surface area contributed by atoms with Crippen LogP contribution >= 0.6 is 0 Å². The zero-order valence-electron chi connectivity index (χ0n) is 6.68. The normalized spacial score (nSPS) is 33.3. The van der Waals surface area contributed by atoms with Gasteiger partial charge in [0, 0.05) is 5.54 Å². The van der Waals surface area contributed by atoms with Crippen molar-refractivity contribution in [1.82, 2.24) is 0 Å². The maximum Gasteiger partial charge on any atom is 0.129 e. The van der Waals surface area contributed by atoms with Crippen LogP contribution in [0.1, 0.15) is 25.7 Å². The molecule has 1 saturated carbocycles. The standard InChI is InChI=1S/C8H15NO2/c9-7(3-1-2-4-7)8(10)5-11-6-8/h10H,1-6,9H2. The Morgan fingerprint density at radius 1 is 1.18 bits per heavy atom. The predicted molar refractivity (Wildman–Crippen MR) is 41.2 cm³/mol. The molecule has 0 amide bonds. The first-order chi connectivity index (χ1) is 5.16. The highest BCUT2D eigenvalue weighted by molar-refractivity contribution is 5.09. The van der Waals surface area contributed by atoms with Crippen molar-refractivity contribution in [1.29, 1.82) is 0 Å². The smallest absolute Gasteiger partial charge is 0.129 e. The minimum absolute atomic E-state index is 0.342. The molecule has 2 rings (SSSR count). The molecule has 0 unspecified atom stereocenters. The number of hydrogen-bond acceptors (Lipinski definition) is 3. The molecule has 1 aliphatic carbocycles. The van der Waals surface area contributed by atoms with Crippen molar-refractivity contribution in [2.24, 2.45) is 5.73 Å². The fourth-order valence-corrected chi connectivity index (χ4v) is 2.05. The highest BCUT2D eigenvalue weighted by Crippen LogP contribution is 2.40. The summed E-state index contributed by atoms with van der Waals surface area (Å²) in [6, 6.07) is 0. The first-order valence-electron chi connectivity index (χ1n) is 4.25. The predicted octanol–water partition coefficient (Wildman–Crippen LogP) is 0.0192. The van der Waals surface area contributed by atoms with Gasteiger partial charge in [0.15, 0.2) is 0 Å². The number of nitrogens with two attached hydrogens (primary N) is 1. The monoisotopic (exact) mass is 157 g/mol. The molecule has 1 saturated heterocycles. The zero-order valence-corrected chi connectivity index (χ0v) is 6.68. The van der Waals surface area contributed by atoms with Crippen LogP contribution in [0, 0.1) is 0 Å². The number of ether oxygens (including phenoxy) is 1. The molecule has 0 spiro atoms. The van der Waals surface area contributed by atoms with Crippen molar-refractivity contribution in [2.75, 3.05) is 13.2 Å². The van der Waals surface area contributed by atoms with E-state index in [2.05, 4.69) is 0 Å². The first kappa shape index (κ1) is 7.53. The van der Waals surface area contributed by atoms with E-state index in [4.69, 9.17) is 10.5 Å². The Balaban J connectivity index is 2.11. The maximum atomic E-state index is 9.92. The summed E-state index contributed by atoms with van der Waals surface area (Å²) in [6.45, 7) is 0.868. The lowest BCUT2D eigenvalue weighted by atomic mass is 9.77. The fraction of sp³-hybridized carbons (Fsp3) is 1.00.